The van der Waals surface area contributed by atoms with E-state index in [0.717, 1.165) is 16.5 Å². The largest absolute Gasteiger partial charge is 0.324 e. The zero-order valence-electron chi connectivity index (χ0n) is 15.4. The number of benzene rings is 2. The summed E-state index contributed by atoms with van der Waals surface area (Å²) in [5.74, 6) is -0.0951. The van der Waals surface area contributed by atoms with Gasteiger partial charge in [0, 0.05) is 41.1 Å². The van der Waals surface area contributed by atoms with Gasteiger partial charge in [0.25, 0.3) is 5.56 Å². The first-order valence-corrected chi connectivity index (χ1v) is 9.42. The number of anilines is 2. The molecule has 0 saturated carbocycles. The van der Waals surface area contributed by atoms with Crippen LogP contribution < -0.4 is 10.9 Å². The van der Waals surface area contributed by atoms with Gasteiger partial charge in [-0.1, -0.05) is 11.6 Å². The summed E-state index contributed by atoms with van der Waals surface area (Å²) in [5.41, 5.74) is 2.29. The van der Waals surface area contributed by atoms with Crippen LogP contribution in [-0.4, -0.2) is 19.5 Å². The Hall–Kier alpha value is -3.84. The molecule has 0 fully saturated rings. The third-order valence-corrected chi connectivity index (χ3v) is 4.99. The Morgan fingerprint density at radius 3 is 2.60 bits per heavy atom. The van der Waals surface area contributed by atoms with Crippen LogP contribution in [0.15, 0.2) is 78.0 Å². The Morgan fingerprint density at radius 2 is 1.80 bits per heavy atom. The van der Waals surface area contributed by atoms with E-state index in [4.69, 9.17) is 11.6 Å². The van der Waals surface area contributed by atoms with Crippen molar-refractivity contribution < 1.29 is 4.39 Å². The van der Waals surface area contributed by atoms with Crippen LogP contribution in [0.1, 0.15) is 0 Å². The van der Waals surface area contributed by atoms with E-state index in [9.17, 15) is 9.18 Å². The number of rotatable bonds is 3. The molecule has 2 aromatic carbocycles. The van der Waals surface area contributed by atoms with Gasteiger partial charge in [0.15, 0.2) is 0 Å². The average molecular weight is 418 g/mol. The zero-order chi connectivity index (χ0) is 20.7. The first kappa shape index (κ1) is 18.2. The fraction of sp³-hybridized carbons (Fsp3) is 0. The molecule has 0 unspecified atom stereocenters. The molecule has 6 nitrogen and oxygen atoms in total. The predicted octanol–water partition coefficient (Wildman–Crippen LogP) is 4.87. The summed E-state index contributed by atoms with van der Waals surface area (Å²) in [6.07, 6.45) is 4.98. The van der Waals surface area contributed by atoms with Gasteiger partial charge in [-0.2, -0.15) is 0 Å². The summed E-state index contributed by atoms with van der Waals surface area (Å²) in [7, 11) is 0. The first-order valence-electron chi connectivity index (χ1n) is 9.04. The topological polar surface area (TPSA) is 72.7 Å². The van der Waals surface area contributed by atoms with E-state index in [2.05, 4.69) is 20.3 Å². The number of halogens is 2. The zero-order valence-corrected chi connectivity index (χ0v) is 16.1. The van der Waals surface area contributed by atoms with E-state index in [1.807, 2.05) is 18.2 Å². The summed E-state index contributed by atoms with van der Waals surface area (Å²) >= 11 is 5.97. The Morgan fingerprint density at radius 1 is 0.967 bits per heavy atom. The quantitative estimate of drug-likeness (QED) is 0.424. The minimum absolute atomic E-state index is 0.0571. The van der Waals surface area contributed by atoms with Gasteiger partial charge >= 0.3 is 0 Å². The molecule has 3 heterocycles. The van der Waals surface area contributed by atoms with Crippen LogP contribution in [0.4, 0.5) is 16.0 Å². The van der Waals surface area contributed by atoms with E-state index in [0.29, 0.717) is 22.7 Å². The average Bonchev–Trinajstić information content (AvgIpc) is 2.76. The third-order valence-electron chi connectivity index (χ3n) is 4.70. The molecule has 30 heavy (non-hydrogen) atoms. The second-order valence-electron chi connectivity index (χ2n) is 6.60. The van der Waals surface area contributed by atoms with Crippen molar-refractivity contribution in [1.82, 2.24) is 19.5 Å². The third kappa shape index (κ3) is 3.15. The lowest BCUT2D eigenvalue weighted by atomic mass is 10.1. The highest BCUT2D eigenvalue weighted by Crippen LogP contribution is 2.29. The lowest BCUT2D eigenvalue weighted by Gasteiger charge is -2.14. The van der Waals surface area contributed by atoms with E-state index in [-0.39, 0.29) is 10.6 Å². The van der Waals surface area contributed by atoms with Crippen molar-refractivity contribution in [2.45, 2.75) is 0 Å². The van der Waals surface area contributed by atoms with Crippen LogP contribution in [0.5, 0.6) is 0 Å². The summed E-state index contributed by atoms with van der Waals surface area (Å²) in [4.78, 5) is 25.7. The number of fused-ring (bicyclic) bond motifs is 3. The number of pyridine rings is 2. The molecule has 0 spiro atoms. The van der Waals surface area contributed by atoms with Gasteiger partial charge in [-0.3, -0.25) is 14.3 Å². The number of hydrogen-bond donors (Lipinski definition) is 1. The second-order valence-corrected chi connectivity index (χ2v) is 7.00. The van der Waals surface area contributed by atoms with Gasteiger partial charge in [-0.25, -0.2) is 14.4 Å². The molecule has 0 saturated heterocycles. The highest BCUT2D eigenvalue weighted by Gasteiger charge is 2.12. The number of nitrogens with one attached hydrogen (secondary N) is 1. The molecule has 146 valence electrons. The first-order chi connectivity index (χ1) is 14.6. The van der Waals surface area contributed by atoms with Crippen LogP contribution in [-0.2, 0) is 0 Å². The highest BCUT2D eigenvalue weighted by molar-refractivity contribution is 6.30. The van der Waals surface area contributed by atoms with Crippen LogP contribution >= 0.6 is 11.6 Å². The molecular weight excluding hydrogens is 405 g/mol. The molecule has 3 aromatic heterocycles. The van der Waals surface area contributed by atoms with E-state index < -0.39 is 5.82 Å². The molecule has 0 aliphatic rings. The standard InChI is InChI=1S/C22H13ClFN5O/c23-17-11-15(4-5-18(17)24)29-20(30)7-2-13-12-27-19-6-3-14(10-16(19)21(13)29)28-22-25-8-1-9-26-22/h1-12H,(H,25,26,28). The predicted molar refractivity (Wildman–Crippen MR) is 115 cm³/mol. The lowest BCUT2D eigenvalue weighted by Crippen LogP contribution is -2.17. The van der Waals surface area contributed by atoms with Crippen molar-refractivity contribution in [3.63, 3.8) is 0 Å². The highest BCUT2D eigenvalue weighted by atomic mass is 35.5. The lowest BCUT2D eigenvalue weighted by molar-refractivity contribution is 0.628. The van der Waals surface area contributed by atoms with Crippen molar-refractivity contribution >= 4 is 45.0 Å². The Balaban J connectivity index is 1.79. The SMILES string of the molecule is O=c1ccc2cnc3ccc(Nc4ncccn4)cc3c2n1-c1ccc(F)c(Cl)c1. The van der Waals surface area contributed by atoms with Gasteiger partial charge < -0.3 is 5.32 Å². The molecule has 0 aliphatic heterocycles. The second kappa shape index (κ2) is 7.20. The van der Waals surface area contributed by atoms with Crippen molar-refractivity contribution in [1.29, 1.82) is 0 Å². The van der Waals surface area contributed by atoms with Crippen LogP contribution in [0.3, 0.4) is 0 Å². The maximum Gasteiger partial charge on any atom is 0.255 e. The van der Waals surface area contributed by atoms with Crippen molar-refractivity contribution in [3.8, 4) is 5.69 Å². The molecule has 0 amide bonds. The van der Waals surface area contributed by atoms with E-state index in [1.54, 1.807) is 30.7 Å². The Labute approximate surface area is 174 Å². The molecule has 0 aliphatic carbocycles. The van der Waals surface area contributed by atoms with Gasteiger partial charge in [0.1, 0.15) is 5.82 Å². The Kier molecular flexibility index (Phi) is 4.37. The molecule has 0 atom stereocenters. The molecule has 5 aromatic rings. The summed E-state index contributed by atoms with van der Waals surface area (Å²) < 4.78 is 15.2. The maximum absolute atomic E-state index is 13.7. The van der Waals surface area contributed by atoms with Gasteiger partial charge in [-0.15, -0.1) is 0 Å². The summed E-state index contributed by atoms with van der Waals surface area (Å²) in [5, 5.41) is 4.59. The molecule has 8 heteroatoms. The number of aromatic nitrogens is 4. The normalized spacial score (nSPS) is 11.1. The minimum Gasteiger partial charge on any atom is -0.324 e. The number of hydrogen-bond acceptors (Lipinski definition) is 5. The summed E-state index contributed by atoms with van der Waals surface area (Å²) in [6.45, 7) is 0. The molecule has 5 rings (SSSR count). The molecule has 0 bridgehead atoms. The van der Waals surface area contributed by atoms with Crippen molar-refractivity contribution in [2.24, 2.45) is 0 Å². The number of nitrogens with zero attached hydrogens (tertiary/aromatic N) is 4. The minimum atomic E-state index is -0.547. The summed E-state index contributed by atoms with van der Waals surface area (Å²) in [6, 6.07) is 14.7. The van der Waals surface area contributed by atoms with Crippen molar-refractivity contribution in [2.75, 3.05) is 5.32 Å². The fourth-order valence-electron chi connectivity index (χ4n) is 3.36. The van der Waals surface area contributed by atoms with E-state index >= 15 is 0 Å². The van der Waals surface area contributed by atoms with Gasteiger partial charge in [0.2, 0.25) is 5.95 Å². The Bertz CT molecular complexity index is 1470. The molecule has 0 radical (unpaired) electrons. The van der Waals surface area contributed by atoms with Crippen LogP contribution in [0.2, 0.25) is 5.02 Å². The van der Waals surface area contributed by atoms with Gasteiger partial charge in [0.05, 0.1) is 21.7 Å². The fourth-order valence-corrected chi connectivity index (χ4v) is 3.54. The van der Waals surface area contributed by atoms with E-state index in [1.165, 1.54) is 28.8 Å². The van der Waals surface area contributed by atoms with Crippen LogP contribution in [0.25, 0.3) is 27.5 Å². The monoisotopic (exact) mass is 417 g/mol. The van der Waals surface area contributed by atoms with Gasteiger partial charge in [-0.05, 0) is 48.5 Å². The van der Waals surface area contributed by atoms with Crippen LogP contribution in [0, 0.1) is 5.82 Å². The van der Waals surface area contributed by atoms with Crippen molar-refractivity contribution in [3.05, 3.63) is 94.4 Å². The molecule has 1 N–H and O–H groups in total. The smallest absolute Gasteiger partial charge is 0.255 e. The maximum atomic E-state index is 13.7. The molecular formula is C22H13ClFN5O.